The van der Waals surface area contributed by atoms with E-state index in [0.29, 0.717) is 54.1 Å². The van der Waals surface area contributed by atoms with Gasteiger partial charge in [-0.15, -0.1) is 0 Å². The Morgan fingerprint density at radius 1 is 1.02 bits per heavy atom. The number of carbonyl (C=O) groups is 2. The summed E-state index contributed by atoms with van der Waals surface area (Å²) in [5.41, 5.74) is 6.72. The number of aliphatic hydroxyl groups excluding tert-OH is 1. The molecule has 0 atom stereocenters. The standard InChI is InChI=1S/C33H36ClN7O4/c1-18-21(23-8-5-9-24(30(23)34)37-32(44)31-36-25-15-39(2)11-10-27(25)40(31)3)6-4-7-22(18)33-38-26-16-41(17-28(26)45-33)29(43)14-35-19-12-20(42)13-19/h4-9,19-20,35,42H,10-17H2,1-3H3,(H,37,44)/t19-,20-. The molecular formula is C33H36ClN7O4. The zero-order valence-electron chi connectivity index (χ0n) is 25.6. The minimum Gasteiger partial charge on any atom is -0.439 e. The number of carbonyl (C=O) groups excluding carboxylic acids is 2. The summed E-state index contributed by atoms with van der Waals surface area (Å²) >= 11 is 6.93. The maximum Gasteiger partial charge on any atom is 0.291 e. The third-order valence-electron chi connectivity index (χ3n) is 9.21. The molecule has 0 spiro atoms. The average molecular weight is 630 g/mol. The van der Waals surface area contributed by atoms with E-state index < -0.39 is 0 Å². The topological polar surface area (TPSA) is 129 Å². The number of amides is 2. The fourth-order valence-electron chi connectivity index (χ4n) is 6.47. The molecule has 234 valence electrons. The summed E-state index contributed by atoms with van der Waals surface area (Å²) in [6, 6.07) is 11.7. The molecule has 2 aromatic carbocycles. The molecule has 1 saturated carbocycles. The fourth-order valence-corrected chi connectivity index (χ4v) is 6.74. The molecule has 11 nitrogen and oxygen atoms in total. The van der Waals surface area contributed by atoms with Gasteiger partial charge in [-0.1, -0.05) is 35.9 Å². The number of anilines is 1. The number of likely N-dealkylation sites (N-methyl/N-ethyl adjacent to an activating group) is 1. The van der Waals surface area contributed by atoms with Gasteiger partial charge in [0.2, 0.25) is 11.8 Å². The van der Waals surface area contributed by atoms with E-state index >= 15 is 0 Å². The maximum absolute atomic E-state index is 13.3. The van der Waals surface area contributed by atoms with Crippen molar-refractivity contribution < 1.29 is 19.1 Å². The number of nitrogens with one attached hydrogen (secondary N) is 2. The minimum atomic E-state index is -0.307. The first-order chi connectivity index (χ1) is 21.7. The van der Waals surface area contributed by atoms with E-state index in [-0.39, 0.29) is 30.5 Å². The van der Waals surface area contributed by atoms with E-state index in [2.05, 4.69) is 27.6 Å². The van der Waals surface area contributed by atoms with Gasteiger partial charge in [-0.25, -0.2) is 9.97 Å². The molecule has 3 aliphatic rings. The molecule has 0 unspecified atom stereocenters. The summed E-state index contributed by atoms with van der Waals surface area (Å²) in [4.78, 5) is 39.4. The summed E-state index contributed by atoms with van der Waals surface area (Å²) in [7, 11) is 3.93. The van der Waals surface area contributed by atoms with E-state index in [0.717, 1.165) is 58.8 Å². The van der Waals surface area contributed by atoms with Crippen molar-refractivity contribution in [1.29, 1.82) is 0 Å². The Morgan fingerprint density at radius 2 is 1.78 bits per heavy atom. The Labute approximate surface area is 266 Å². The number of rotatable bonds is 7. The van der Waals surface area contributed by atoms with Crippen molar-refractivity contribution in [2.45, 2.75) is 58.0 Å². The smallest absolute Gasteiger partial charge is 0.291 e. The molecule has 4 heterocycles. The lowest BCUT2D eigenvalue weighted by Gasteiger charge is -2.32. The number of aromatic nitrogens is 3. The Hall–Kier alpha value is -4.03. The third-order valence-corrected chi connectivity index (χ3v) is 9.62. The van der Waals surface area contributed by atoms with Crippen LogP contribution in [0.1, 0.15) is 51.9 Å². The van der Waals surface area contributed by atoms with Gasteiger partial charge < -0.3 is 34.5 Å². The molecular weight excluding hydrogens is 594 g/mol. The molecule has 12 heteroatoms. The van der Waals surface area contributed by atoms with Crippen molar-refractivity contribution in [3.8, 4) is 22.6 Å². The van der Waals surface area contributed by atoms with Crippen LogP contribution in [-0.4, -0.2) is 73.5 Å². The Bertz CT molecular complexity index is 1780. The van der Waals surface area contributed by atoms with Crippen LogP contribution in [0.5, 0.6) is 0 Å². The van der Waals surface area contributed by atoms with Gasteiger partial charge in [0.05, 0.1) is 42.1 Å². The van der Waals surface area contributed by atoms with E-state index in [1.165, 1.54) is 0 Å². The molecule has 2 aromatic heterocycles. The van der Waals surface area contributed by atoms with E-state index in [1.54, 1.807) is 11.0 Å². The first kappa shape index (κ1) is 29.7. The molecule has 45 heavy (non-hydrogen) atoms. The molecule has 1 aliphatic carbocycles. The Balaban J connectivity index is 1.08. The van der Waals surface area contributed by atoms with Crippen LogP contribution < -0.4 is 10.6 Å². The number of fused-ring (bicyclic) bond motifs is 2. The Morgan fingerprint density at radius 3 is 2.56 bits per heavy atom. The van der Waals surface area contributed by atoms with E-state index in [1.807, 2.05) is 48.9 Å². The molecule has 2 amide bonds. The highest BCUT2D eigenvalue weighted by atomic mass is 35.5. The predicted molar refractivity (Wildman–Crippen MR) is 170 cm³/mol. The molecule has 7 rings (SSSR count). The van der Waals surface area contributed by atoms with Crippen LogP contribution in [0.4, 0.5) is 5.69 Å². The first-order valence-electron chi connectivity index (χ1n) is 15.3. The zero-order chi connectivity index (χ0) is 31.4. The van der Waals surface area contributed by atoms with Gasteiger partial charge in [0, 0.05) is 49.4 Å². The molecule has 2 aliphatic heterocycles. The van der Waals surface area contributed by atoms with E-state index in [9.17, 15) is 14.7 Å². The van der Waals surface area contributed by atoms with Crippen molar-refractivity contribution in [2.24, 2.45) is 7.05 Å². The van der Waals surface area contributed by atoms with Crippen LogP contribution in [0.3, 0.4) is 0 Å². The second-order valence-electron chi connectivity index (χ2n) is 12.3. The number of halogens is 1. The molecule has 1 fully saturated rings. The summed E-state index contributed by atoms with van der Waals surface area (Å²) in [6.07, 6.45) is 1.96. The average Bonchev–Trinajstić information content (AvgIpc) is 3.68. The minimum absolute atomic E-state index is 0.0129. The molecule has 4 aromatic rings. The normalized spacial score (nSPS) is 19.3. The van der Waals surface area contributed by atoms with Crippen molar-refractivity contribution >= 4 is 29.1 Å². The van der Waals surface area contributed by atoms with Gasteiger partial charge in [-0.3, -0.25) is 9.59 Å². The zero-order valence-corrected chi connectivity index (χ0v) is 26.3. The summed E-state index contributed by atoms with van der Waals surface area (Å²) in [6.45, 7) is 4.65. The summed E-state index contributed by atoms with van der Waals surface area (Å²) in [5.74, 6) is 1.23. The van der Waals surface area contributed by atoms with Gasteiger partial charge in [-0.2, -0.15) is 0 Å². The van der Waals surface area contributed by atoms with Crippen LogP contribution in [0.25, 0.3) is 22.6 Å². The molecule has 0 radical (unpaired) electrons. The van der Waals surface area contributed by atoms with Crippen molar-refractivity contribution in [3.63, 3.8) is 0 Å². The van der Waals surface area contributed by atoms with Gasteiger partial charge >= 0.3 is 0 Å². The van der Waals surface area contributed by atoms with Crippen molar-refractivity contribution in [1.82, 2.24) is 29.7 Å². The number of benzene rings is 2. The lowest BCUT2D eigenvalue weighted by molar-refractivity contribution is -0.131. The highest BCUT2D eigenvalue weighted by molar-refractivity contribution is 6.36. The molecule has 0 saturated heterocycles. The number of oxazole rings is 1. The maximum atomic E-state index is 13.3. The SMILES string of the molecule is Cc1c(-c2nc3c(o2)CN(C(=O)CN[C@H]2C[C@H](O)C2)C3)cccc1-c1cccc(NC(=O)c2nc3c(n2C)CCN(C)C3)c1Cl. The van der Waals surface area contributed by atoms with Crippen LogP contribution in [0.15, 0.2) is 40.8 Å². The van der Waals surface area contributed by atoms with Crippen LogP contribution in [0.2, 0.25) is 5.02 Å². The number of aliphatic hydroxyl groups is 1. The third kappa shape index (κ3) is 5.54. The monoisotopic (exact) mass is 629 g/mol. The van der Waals surface area contributed by atoms with Crippen LogP contribution >= 0.6 is 11.6 Å². The second-order valence-corrected chi connectivity index (χ2v) is 12.7. The molecule has 0 bridgehead atoms. The van der Waals surface area contributed by atoms with Gasteiger partial charge in [0.15, 0.2) is 5.82 Å². The predicted octanol–water partition coefficient (Wildman–Crippen LogP) is 3.90. The second kappa shape index (κ2) is 11.7. The van der Waals surface area contributed by atoms with Crippen molar-refractivity contribution in [2.75, 3.05) is 25.5 Å². The molecule has 3 N–H and O–H groups in total. The lowest BCUT2D eigenvalue weighted by atomic mass is 9.89. The Kier molecular flexibility index (Phi) is 7.73. The first-order valence-corrected chi connectivity index (χ1v) is 15.6. The lowest BCUT2D eigenvalue weighted by Crippen LogP contribution is -2.47. The largest absolute Gasteiger partial charge is 0.439 e. The summed E-state index contributed by atoms with van der Waals surface area (Å²) in [5, 5.41) is 16.1. The summed E-state index contributed by atoms with van der Waals surface area (Å²) < 4.78 is 8.06. The highest BCUT2D eigenvalue weighted by Crippen LogP contribution is 2.39. The fraction of sp³-hybridized carbons (Fsp3) is 0.394. The number of hydrogen-bond donors (Lipinski definition) is 3. The van der Waals surface area contributed by atoms with Crippen molar-refractivity contribution in [3.05, 3.63) is 75.7 Å². The van der Waals surface area contributed by atoms with E-state index in [4.69, 9.17) is 21.0 Å². The number of nitrogens with zero attached hydrogens (tertiary/aromatic N) is 5. The van der Waals surface area contributed by atoms with Gasteiger partial charge in [0.1, 0.15) is 11.5 Å². The number of imidazole rings is 1. The van der Waals surface area contributed by atoms with Gasteiger partial charge in [0.25, 0.3) is 5.91 Å². The highest BCUT2D eigenvalue weighted by Gasteiger charge is 2.32. The number of hydrogen-bond acceptors (Lipinski definition) is 8. The van der Waals surface area contributed by atoms with Crippen LogP contribution in [-0.2, 0) is 37.9 Å². The van der Waals surface area contributed by atoms with Gasteiger partial charge in [-0.05, 0) is 50.1 Å². The van der Waals surface area contributed by atoms with Crippen LogP contribution in [0, 0.1) is 6.92 Å². The quantitative estimate of drug-likeness (QED) is 0.281.